The molecule has 1 aliphatic heterocycles. The minimum absolute atomic E-state index is 0.543. The smallest absolute Gasteiger partial charge is 0.225 e. The molecule has 20 heavy (non-hydrogen) atoms. The van der Waals surface area contributed by atoms with Crippen LogP contribution in [0.5, 0.6) is 0 Å². The number of nitrogens with one attached hydrogen (secondary N) is 1. The molecular formula is C15H26N4O. The Morgan fingerprint density at radius 1 is 1.30 bits per heavy atom. The van der Waals surface area contributed by atoms with Crippen molar-refractivity contribution in [3.63, 3.8) is 0 Å². The van der Waals surface area contributed by atoms with E-state index in [1.165, 1.54) is 0 Å². The molecule has 0 aliphatic carbocycles. The molecule has 0 radical (unpaired) electrons. The molecule has 1 atom stereocenters. The highest BCUT2D eigenvalue weighted by Crippen LogP contribution is 2.23. The van der Waals surface area contributed by atoms with Gasteiger partial charge in [0.2, 0.25) is 5.95 Å². The molecule has 1 aromatic heterocycles. The van der Waals surface area contributed by atoms with Crippen LogP contribution >= 0.6 is 0 Å². The summed E-state index contributed by atoms with van der Waals surface area (Å²) in [5.41, 5.74) is 0.572. The number of aromatic nitrogens is 2. The highest BCUT2D eigenvalue weighted by Gasteiger charge is 2.25. The summed E-state index contributed by atoms with van der Waals surface area (Å²) >= 11 is 0. The average Bonchev–Trinajstić information content (AvgIpc) is 2.61. The van der Waals surface area contributed by atoms with Gasteiger partial charge >= 0.3 is 0 Å². The quantitative estimate of drug-likeness (QED) is 0.803. The van der Waals surface area contributed by atoms with Gasteiger partial charge < -0.3 is 15.3 Å². The molecule has 2 heterocycles. The fraction of sp³-hybridized carbons (Fsp3) is 0.733. The Morgan fingerprint density at radius 3 is 2.75 bits per heavy atom. The summed E-state index contributed by atoms with van der Waals surface area (Å²) in [6.45, 7) is 7.65. The van der Waals surface area contributed by atoms with Crippen molar-refractivity contribution in [1.29, 1.82) is 0 Å². The van der Waals surface area contributed by atoms with Crippen LogP contribution in [0.4, 0.5) is 5.95 Å². The van der Waals surface area contributed by atoms with Crippen molar-refractivity contribution in [1.82, 2.24) is 15.3 Å². The first kappa shape index (κ1) is 15.2. The number of hydrogen-bond acceptors (Lipinski definition) is 5. The zero-order valence-corrected chi connectivity index (χ0v) is 12.6. The molecule has 0 amide bonds. The van der Waals surface area contributed by atoms with Gasteiger partial charge in [0.05, 0.1) is 5.60 Å². The molecule has 1 fully saturated rings. The van der Waals surface area contributed by atoms with Crippen LogP contribution < -0.4 is 10.2 Å². The van der Waals surface area contributed by atoms with Gasteiger partial charge in [0.15, 0.2) is 0 Å². The lowest BCUT2D eigenvalue weighted by Crippen LogP contribution is -2.29. The maximum Gasteiger partial charge on any atom is 0.225 e. The molecule has 0 saturated carbocycles. The number of aliphatic hydroxyl groups is 1. The summed E-state index contributed by atoms with van der Waals surface area (Å²) in [5.74, 6) is 0.780. The third kappa shape index (κ3) is 4.42. The zero-order chi connectivity index (χ0) is 14.4. The fourth-order valence-electron chi connectivity index (χ4n) is 2.48. The van der Waals surface area contributed by atoms with E-state index in [0.717, 1.165) is 63.4 Å². The maximum absolute atomic E-state index is 10.1. The van der Waals surface area contributed by atoms with Crippen molar-refractivity contribution >= 4 is 5.95 Å². The predicted octanol–water partition coefficient (Wildman–Crippen LogP) is 1.72. The normalized spacial score (nSPS) is 23.6. The van der Waals surface area contributed by atoms with Crippen LogP contribution in [0.1, 0.15) is 45.1 Å². The first-order valence-corrected chi connectivity index (χ1v) is 7.60. The Kier molecular flexibility index (Phi) is 5.31. The number of anilines is 1. The second kappa shape index (κ2) is 6.99. The second-order valence-electron chi connectivity index (χ2n) is 5.91. The summed E-state index contributed by atoms with van der Waals surface area (Å²) in [6, 6.07) is 0. The lowest BCUT2D eigenvalue weighted by atomic mass is 9.98. The molecule has 1 aliphatic rings. The van der Waals surface area contributed by atoms with Crippen LogP contribution in [-0.2, 0) is 6.54 Å². The van der Waals surface area contributed by atoms with E-state index in [0.29, 0.717) is 0 Å². The first-order chi connectivity index (χ1) is 9.61. The van der Waals surface area contributed by atoms with Crippen LogP contribution in [0.2, 0.25) is 0 Å². The Bertz CT molecular complexity index is 405. The molecule has 112 valence electrons. The van der Waals surface area contributed by atoms with E-state index in [1.807, 2.05) is 19.3 Å². The fourth-order valence-corrected chi connectivity index (χ4v) is 2.48. The van der Waals surface area contributed by atoms with Gasteiger partial charge in [-0.3, -0.25) is 0 Å². The van der Waals surface area contributed by atoms with Crippen molar-refractivity contribution in [2.24, 2.45) is 0 Å². The van der Waals surface area contributed by atoms with Crippen LogP contribution in [-0.4, -0.2) is 40.3 Å². The van der Waals surface area contributed by atoms with Crippen LogP contribution in [0.3, 0.4) is 0 Å². The summed E-state index contributed by atoms with van der Waals surface area (Å²) in [5, 5.41) is 13.5. The molecule has 0 spiro atoms. The number of nitrogens with zero attached hydrogens (tertiary/aromatic N) is 3. The highest BCUT2D eigenvalue weighted by molar-refractivity contribution is 5.30. The second-order valence-corrected chi connectivity index (χ2v) is 5.91. The van der Waals surface area contributed by atoms with Crippen molar-refractivity contribution in [2.75, 3.05) is 24.5 Å². The molecule has 1 aromatic rings. The summed E-state index contributed by atoms with van der Waals surface area (Å²) in [4.78, 5) is 11.1. The molecule has 2 N–H and O–H groups in total. The molecule has 1 saturated heterocycles. The molecule has 0 bridgehead atoms. The third-order valence-corrected chi connectivity index (χ3v) is 3.79. The standard InChI is InChI=1S/C15H26N4O/c1-3-7-16-10-13-11-17-14(18-12-13)19-8-4-5-15(2,20)6-9-19/h11-12,16,20H,3-10H2,1-2H3. The van der Waals surface area contributed by atoms with E-state index in [4.69, 9.17) is 0 Å². The van der Waals surface area contributed by atoms with Crippen molar-refractivity contribution in [2.45, 2.75) is 51.7 Å². The van der Waals surface area contributed by atoms with Gasteiger partial charge in [-0.1, -0.05) is 6.92 Å². The highest BCUT2D eigenvalue weighted by atomic mass is 16.3. The lowest BCUT2D eigenvalue weighted by Gasteiger charge is -2.22. The number of rotatable bonds is 5. The molecule has 5 heteroatoms. The van der Waals surface area contributed by atoms with E-state index in [2.05, 4.69) is 27.1 Å². The van der Waals surface area contributed by atoms with Gasteiger partial charge in [0, 0.05) is 37.6 Å². The van der Waals surface area contributed by atoms with E-state index in [9.17, 15) is 5.11 Å². The topological polar surface area (TPSA) is 61.3 Å². The van der Waals surface area contributed by atoms with Gasteiger partial charge in [-0.15, -0.1) is 0 Å². The molecule has 0 aromatic carbocycles. The summed E-state index contributed by atoms with van der Waals surface area (Å²) in [6.07, 6.45) is 7.53. The van der Waals surface area contributed by atoms with Gasteiger partial charge in [0.25, 0.3) is 0 Å². The van der Waals surface area contributed by atoms with Crippen LogP contribution in [0, 0.1) is 0 Å². The molecular weight excluding hydrogens is 252 g/mol. The van der Waals surface area contributed by atoms with Crippen LogP contribution in [0.25, 0.3) is 0 Å². The van der Waals surface area contributed by atoms with Gasteiger partial charge in [-0.05, 0) is 39.2 Å². The van der Waals surface area contributed by atoms with E-state index in [-0.39, 0.29) is 0 Å². The summed E-state index contributed by atoms with van der Waals surface area (Å²) < 4.78 is 0. The van der Waals surface area contributed by atoms with Crippen molar-refractivity contribution in [3.05, 3.63) is 18.0 Å². The molecule has 5 nitrogen and oxygen atoms in total. The largest absolute Gasteiger partial charge is 0.390 e. The van der Waals surface area contributed by atoms with Gasteiger partial charge in [-0.25, -0.2) is 9.97 Å². The van der Waals surface area contributed by atoms with Crippen molar-refractivity contribution < 1.29 is 5.11 Å². The Balaban J connectivity index is 1.92. The lowest BCUT2D eigenvalue weighted by molar-refractivity contribution is 0.0481. The zero-order valence-electron chi connectivity index (χ0n) is 12.6. The van der Waals surface area contributed by atoms with Crippen molar-refractivity contribution in [3.8, 4) is 0 Å². The van der Waals surface area contributed by atoms with E-state index in [1.54, 1.807) is 0 Å². The Hall–Kier alpha value is -1.20. The summed E-state index contributed by atoms with van der Waals surface area (Å²) in [7, 11) is 0. The van der Waals surface area contributed by atoms with E-state index >= 15 is 0 Å². The number of hydrogen-bond donors (Lipinski definition) is 2. The minimum Gasteiger partial charge on any atom is -0.390 e. The minimum atomic E-state index is -0.543. The van der Waals surface area contributed by atoms with Gasteiger partial charge in [-0.2, -0.15) is 0 Å². The van der Waals surface area contributed by atoms with Crippen LogP contribution in [0.15, 0.2) is 12.4 Å². The molecule has 1 unspecified atom stereocenters. The maximum atomic E-state index is 10.1. The first-order valence-electron chi connectivity index (χ1n) is 7.60. The Morgan fingerprint density at radius 2 is 2.05 bits per heavy atom. The predicted molar refractivity (Wildman–Crippen MR) is 80.7 cm³/mol. The third-order valence-electron chi connectivity index (χ3n) is 3.79. The average molecular weight is 278 g/mol. The molecule has 2 rings (SSSR count). The van der Waals surface area contributed by atoms with Gasteiger partial charge in [0.1, 0.15) is 0 Å². The SMILES string of the molecule is CCCNCc1cnc(N2CCCC(C)(O)CC2)nc1. The monoisotopic (exact) mass is 278 g/mol. The Labute approximate surface area is 121 Å². The van der Waals surface area contributed by atoms with E-state index < -0.39 is 5.60 Å².